The number of halogens is 2. The molecular weight excluding hydrogens is 403 g/mol. The Morgan fingerprint density at radius 2 is 1.89 bits per heavy atom. The molecule has 2 aromatic carbocycles. The van der Waals surface area contributed by atoms with Crippen molar-refractivity contribution in [3.63, 3.8) is 0 Å². The summed E-state index contributed by atoms with van der Waals surface area (Å²) in [6.45, 7) is 0. The first-order chi connectivity index (χ1) is 12.8. The topological polar surface area (TPSA) is 42.3 Å². The zero-order valence-corrected chi connectivity index (χ0v) is 17.4. The van der Waals surface area contributed by atoms with Crippen LogP contribution in [0.25, 0.3) is 10.9 Å². The molecule has 0 spiro atoms. The van der Waals surface area contributed by atoms with Crippen LogP contribution in [0.1, 0.15) is 17.5 Å². The largest absolute Gasteiger partial charge is 0.306 e. The van der Waals surface area contributed by atoms with E-state index < -0.39 is 10.0 Å². The molecule has 142 valence electrons. The third-order valence-electron chi connectivity index (χ3n) is 5.42. The fraction of sp³-hybridized carbons (Fsp3) is 0.300. The normalized spacial score (nSPS) is 17.4. The van der Waals surface area contributed by atoms with Crippen LogP contribution >= 0.6 is 23.2 Å². The predicted octanol–water partition coefficient (Wildman–Crippen LogP) is 4.60. The average Bonchev–Trinajstić information content (AvgIpc) is 3.08. The number of fused-ring (bicyclic) bond motifs is 3. The van der Waals surface area contributed by atoms with Crippen molar-refractivity contribution in [2.75, 3.05) is 14.1 Å². The van der Waals surface area contributed by atoms with Gasteiger partial charge in [-0.05, 0) is 68.8 Å². The Hall–Kier alpha value is -1.53. The van der Waals surface area contributed by atoms with Gasteiger partial charge in [0.05, 0.1) is 15.6 Å². The van der Waals surface area contributed by atoms with Crippen LogP contribution in [0, 0.1) is 0 Å². The van der Waals surface area contributed by atoms with E-state index in [0.29, 0.717) is 11.6 Å². The highest BCUT2D eigenvalue weighted by molar-refractivity contribution is 7.90. The number of aryl methyl sites for hydroxylation is 1. The van der Waals surface area contributed by atoms with E-state index in [-0.39, 0.29) is 14.9 Å². The van der Waals surface area contributed by atoms with Gasteiger partial charge in [-0.25, -0.2) is 12.4 Å². The highest BCUT2D eigenvalue weighted by atomic mass is 35.5. The molecule has 27 heavy (non-hydrogen) atoms. The second kappa shape index (κ2) is 6.82. The highest BCUT2D eigenvalue weighted by Crippen LogP contribution is 2.35. The summed E-state index contributed by atoms with van der Waals surface area (Å²) in [6, 6.07) is 10.9. The maximum Gasteiger partial charge on any atom is 0.269 e. The summed E-state index contributed by atoms with van der Waals surface area (Å²) >= 11 is 12.2. The summed E-state index contributed by atoms with van der Waals surface area (Å²) < 4.78 is 27.8. The first kappa shape index (κ1) is 18.8. The van der Waals surface area contributed by atoms with Crippen LogP contribution in [0.3, 0.4) is 0 Å². The van der Waals surface area contributed by atoms with Crippen molar-refractivity contribution in [1.82, 2.24) is 8.87 Å². The third-order valence-corrected chi connectivity index (χ3v) is 8.08. The molecule has 0 aliphatic heterocycles. The van der Waals surface area contributed by atoms with E-state index in [0.717, 1.165) is 24.6 Å². The smallest absolute Gasteiger partial charge is 0.269 e. The molecule has 1 aliphatic carbocycles. The van der Waals surface area contributed by atoms with Crippen molar-refractivity contribution in [2.45, 2.75) is 30.2 Å². The van der Waals surface area contributed by atoms with E-state index in [2.05, 4.69) is 25.1 Å². The van der Waals surface area contributed by atoms with Crippen LogP contribution in [0.15, 0.2) is 47.5 Å². The van der Waals surface area contributed by atoms with Crippen LogP contribution in [-0.2, 0) is 22.9 Å². The van der Waals surface area contributed by atoms with Gasteiger partial charge in [-0.15, -0.1) is 0 Å². The molecule has 1 aromatic heterocycles. The van der Waals surface area contributed by atoms with Crippen LogP contribution in [-0.4, -0.2) is 37.4 Å². The van der Waals surface area contributed by atoms with Gasteiger partial charge in [0.2, 0.25) is 0 Å². The Balaban J connectivity index is 1.88. The zero-order valence-electron chi connectivity index (χ0n) is 15.1. The fourth-order valence-corrected chi connectivity index (χ4v) is 5.96. The molecule has 4 rings (SSSR count). The van der Waals surface area contributed by atoms with E-state index in [1.54, 1.807) is 18.3 Å². The Kier molecular flexibility index (Phi) is 4.75. The van der Waals surface area contributed by atoms with Crippen LogP contribution in [0.2, 0.25) is 10.0 Å². The Labute approximate surface area is 169 Å². The molecule has 0 fully saturated rings. The molecule has 1 aliphatic rings. The van der Waals surface area contributed by atoms with E-state index in [9.17, 15) is 8.42 Å². The average molecular weight is 423 g/mol. The fourth-order valence-electron chi connectivity index (χ4n) is 3.87. The molecule has 1 unspecified atom stereocenters. The summed E-state index contributed by atoms with van der Waals surface area (Å²) in [6.07, 6.45) is 4.65. The minimum Gasteiger partial charge on any atom is -0.306 e. The Morgan fingerprint density at radius 1 is 1.11 bits per heavy atom. The quantitative estimate of drug-likeness (QED) is 0.618. The SMILES string of the molecule is CN(C)C1CCc2ccc3c(ccn3S(=O)(=O)c3cccc(Cl)c3Cl)c2C1. The number of likely N-dealkylation sites (N-methyl/N-ethyl adjacent to an activating group) is 1. The van der Waals surface area contributed by atoms with Crippen molar-refractivity contribution in [3.05, 3.63) is 63.8 Å². The van der Waals surface area contributed by atoms with Gasteiger partial charge < -0.3 is 4.90 Å². The van der Waals surface area contributed by atoms with Gasteiger partial charge >= 0.3 is 0 Å². The summed E-state index contributed by atoms with van der Waals surface area (Å²) in [7, 11) is 0.338. The molecule has 0 saturated carbocycles. The van der Waals surface area contributed by atoms with E-state index in [1.807, 2.05) is 12.1 Å². The molecule has 0 radical (unpaired) electrons. The zero-order chi connectivity index (χ0) is 19.3. The van der Waals surface area contributed by atoms with Crippen molar-refractivity contribution in [3.8, 4) is 0 Å². The number of aromatic nitrogens is 1. The second-order valence-electron chi connectivity index (χ2n) is 7.16. The van der Waals surface area contributed by atoms with E-state index in [4.69, 9.17) is 23.2 Å². The van der Waals surface area contributed by atoms with Gasteiger partial charge in [-0.3, -0.25) is 0 Å². The van der Waals surface area contributed by atoms with Gasteiger partial charge in [-0.1, -0.05) is 35.3 Å². The summed E-state index contributed by atoms with van der Waals surface area (Å²) in [4.78, 5) is 2.25. The Morgan fingerprint density at radius 3 is 2.63 bits per heavy atom. The van der Waals surface area contributed by atoms with Crippen molar-refractivity contribution < 1.29 is 8.42 Å². The van der Waals surface area contributed by atoms with Crippen molar-refractivity contribution in [1.29, 1.82) is 0 Å². The van der Waals surface area contributed by atoms with Crippen molar-refractivity contribution in [2.24, 2.45) is 0 Å². The first-order valence-corrected chi connectivity index (χ1v) is 11.0. The van der Waals surface area contributed by atoms with E-state index in [1.165, 1.54) is 21.2 Å². The van der Waals surface area contributed by atoms with Gasteiger partial charge in [-0.2, -0.15) is 0 Å². The molecule has 3 aromatic rings. The lowest BCUT2D eigenvalue weighted by Crippen LogP contribution is -2.33. The van der Waals surface area contributed by atoms with Crippen LogP contribution in [0.5, 0.6) is 0 Å². The molecular formula is C20H20Cl2N2O2S. The predicted molar refractivity (Wildman–Crippen MR) is 110 cm³/mol. The van der Waals surface area contributed by atoms with Gasteiger partial charge in [0, 0.05) is 17.6 Å². The maximum atomic E-state index is 13.2. The maximum absolute atomic E-state index is 13.2. The lowest BCUT2D eigenvalue weighted by molar-refractivity contribution is 0.269. The van der Waals surface area contributed by atoms with Gasteiger partial charge in [0.25, 0.3) is 10.0 Å². The van der Waals surface area contributed by atoms with E-state index >= 15 is 0 Å². The molecule has 4 nitrogen and oxygen atoms in total. The summed E-state index contributed by atoms with van der Waals surface area (Å²) in [5, 5.41) is 1.26. The standard InChI is InChI=1S/C20H20Cl2N2O2S/c1-23(2)14-8-6-13-7-9-18-15(16(13)12-14)10-11-24(18)27(25,26)19-5-3-4-17(21)20(19)22/h3-5,7,9-11,14H,6,8,12H2,1-2H3. The summed E-state index contributed by atoms with van der Waals surface area (Å²) in [5.41, 5.74) is 3.21. The molecule has 1 atom stereocenters. The Bertz CT molecular complexity index is 1140. The molecule has 0 saturated heterocycles. The van der Waals surface area contributed by atoms with Crippen LogP contribution < -0.4 is 0 Å². The number of hydrogen-bond acceptors (Lipinski definition) is 3. The second-order valence-corrected chi connectivity index (χ2v) is 9.73. The molecule has 1 heterocycles. The van der Waals surface area contributed by atoms with Gasteiger partial charge in [0.15, 0.2) is 0 Å². The lowest BCUT2D eigenvalue weighted by atomic mass is 9.86. The number of hydrogen-bond donors (Lipinski definition) is 0. The lowest BCUT2D eigenvalue weighted by Gasteiger charge is -2.30. The molecule has 0 amide bonds. The van der Waals surface area contributed by atoms with Crippen molar-refractivity contribution >= 4 is 44.1 Å². The minimum atomic E-state index is -3.84. The summed E-state index contributed by atoms with van der Waals surface area (Å²) in [5.74, 6) is 0. The van der Waals surface area contributed by atoms with Gasteiger partial charge in [0.1, 0.15) is 4.90 Å². The molecule has 0 N–H and O–H groups in total. The monoisotopic (exact) mass is 422 g/mol. The molecule has 0 bridgehead atoms. The third kappa shape index (κ3) is 3.07. The number of nitrogens with zero attached hydrogens (tertiary/aromatic N) is 2. The molecule has 7 heteroatoms. The minimum absolute atomic E-state index is 0.0121. The number of benzene rings is 2. The first-order valence-electron chi connectivity index (χ1n) is 8.78. The highest BCUT2D eigenvalue weighted by Gasteiger charge is 2.26. The number of rotatable bonds is 3. The van der Waals surface area contributed by atoms with Crippen LogP contribution in [0.4, 0.5) is 0 Å².